The van der Waals surface area contributed by atoms with Gasteiger partial charge in [0.15, 0.2) is 0 Å². The second-order valence-corrected chi connectivity index (χ2v) is 6.73. The van der Waals surface area contributed by atoms with E-state index in [0.717, 1.165) is 35.3 Å². The van der Waals surface area contributed by atoms with Crippen molar-refractivity contribution in [2.75, 3.05) is 11.9 Å². The summed E-state index contributed by atoms with van der Waals surface area (Å²) in [7, 11) is 0. The minimum atomic E-state index is -0.383. The van der Waals surface area contributed by atoms with Crippen molar-refractivity contribution < 1.29 is 9.18 Å². The average molecular weight is 364 g/mol. The molecule has 5 nitrogen and oxygen atoms in total. The Morgan fingerprint density at radius 1 is 1.30 bits per heavy atom. The Morgan fingerprint density at radius 3 is 2.89 bits per heavy atom. The van der Waals surface area contributed by atoms with Gasteiger partial charge in [-0.3, -0.25) is 9.89 Å². The van der Waals surface area contributed by atoms with E-state index in [4.69, 9.17) is 0 Å². The lowest BCUT2D eigenvalue weighted by Crippen LogP contribution is -2.24. The molecule has 1 aromatic heterocycles. The summed E-state index contributed by atoms with van der Waals surface area (Å²) in [6, 6.07) is 12.0. The highest BCUT2D eigenvalue weighted by atomic mass is 19.1. The van der Waals surface area contributed by atoms with Crippen LogP contribution in [0.2, 0.25) is 0 Å². The topological polar surface area (TPSA) is 61.0 Å². The molecule has 0 fully saturated rings. The number of carbonyl (C=O) groups is 1. The van der Waals surface area contributed by atoms with Gasteiger partial charge in [0.05, 0.1) is 12.2 Å². The summed E-state index contributed by atoms with van der Waals surface area (Å²) in [4.78, 5) is 14.3. The van der Waals surface area contributed by atoms with E-state index >= 15 is 0 Å². The number of anilines is 1. The fourth-order valence-corrected chi connectivity index (χ4v) is 3.56. The molecule has 1 aliphatic rings. The van der Waals surface area contributed by atoms with Gasteiger partial charge in [-0.1, -0.05) is 25.1 Å². The monoisotopic (exact) mass is 364 g/mol. The molecule has 0 bridgehead atoms. The van der Waals surface area contributed by atoms with E-state index < -0.39 is 0 Å². The van der Waals surface area contributed by atoms with Crippen LogP contribution in [0, 0.1) is 5.82 Å². The predicted octanol–water partition coefficient (Wildman–Crippen LogP) is 4.12. The van der Waals surface area contributed by atoms with Gasteiger partial charge in [-0.05, 0) is 36.2 Å². The summed E-state index contributed by atoms with van der Waals surface area (Å²) in [6.45, 7) is 3.43. The van der Waals surface area contributed by atoms with E-state index in [9.17, 15) is 9.18 Å². The first-order valence-electron chi connectivity index (χ1n) is 9.09. The largest absolute Gasteiger partial charge is 0.374 e. The Hall–Kier alpha value is -3.15. The van der Waals surface area contributed by atoms with E-state index in [0.29, 0.717) is 12.1 Å². The molecule has 0 spiro atoms. The second kappa shape index (κ2) is 7.23. The predicted molar refractivity (Wildman–Crippen MR) is 102 cm³/mol. The quantitative estimate of drug-likeness (QED) is 0.692. The van der Waals surface area contributed by atoms with Crippen molar-refractivity contribution in [3.05, 3.63) is 82.9 Å². The normalized spacial score (nSPS) is 14.3. The van der Waals surface area contributed by atoms with E-state index in [1.54, 1.807) is 24.5 Å². The maximum Gasteiger partial charge on any atom is 0.254 e. The molecule has 138 valence electrons. The van der Waals surface area contributed by atoms with Crippen molar-refractivity contribution in [1.82, 2.24) is 15.1 Å². The number of benzene rings is 2. The zero-order valence-electron chi connectivity index (χ0n) is 15.1. The van der Waals surface area contributed by atoms with Crippen molar-refractivity contribution >= 4 is 11.6 Å². The van der Waals surface area contributed by atoms with Gasteiger partial charge < -0.3 is 10.2 Å². The number of rotatable bonds is 6. The van der Waals surface area contributed by atoms with E-state index in [1.165, 1.54) is 6.07 Å². The Morgan fingerprint density at radius 2 is 2.15 bits per heavy atom. The lowest BCUT2D eigenvalue weighted by Gasteiger charge is -2.20. The number of amides is 1. The van der Waals surface area contributed by atoms with Crippen molar-refractivity contribution in [3.63, 3.8) is 0 Å². The first-order chi connectivity index (χ1) is 13.2. The van der Waals surface area contributed by atoms with Gasteiger partial charge in [-0.25, -0.2) is 4.39 Å². The summed E-state index contributed by atoms with van der Waals surface area (Å²) in [5.74, 6) is -0.194. The number of nitrogens with zero attached hydrogens (tertiary/aromatic N) is 2. The van der Waals surface area contributed by atoms with Gasteiger partial charge in [0, 0.05) is 41.7 Å². The molecule has 1 atom stereocenters. The van der Waals surface area contributed by atoms with Crippen molar-refractivity contribution in [2.24, 2.45) is 0 Å². The van der Waals surface area contributed by atoms with Gasteiger partial charge in [0.1, 0.15) is 5.82 Å². The van der Waals surface area contributed by atoms with Gasteiger partial charge in [-0.2, -0.15) is 5.10 Å². The number of carbonyl (C=O) groups excluding carboxylic acids is 1. The van der Waals surface area contributed by atoms with Crippen LogP contribution >= 0.6 is 0 Å². The molecule has 2 heterocycles. The van der Waals surface area contributed by atoms with E-state index in [1.807, 2.05) is 29.2 Å². The van der Waals surface area contributed by atoms with Crippen LogP contribution in [0.1, 0.15) is 46.4 Å². The molecule has 0 radical (unpaired) electrons. The Labute approximate surface area is 157 Å². The number of hydrogen-bond donors (Lipinski definition) is 2. The number of H-pyrrole nitrogens is 1. The highest BCUT2D eigenvalue weighted by Crippen LogP contribution is 2.31. The maximum atomic E-state index is 14.4. The molecule has 6 heteroatoms. The van der Waals surface area contributed by atoms with Crippen LogP contribution in [0.4, 0.5) is 10.1 Å². The number of aromatic nitrogens is 2. The molecule has 1 aliphatic heterocycles. The third-order valence-corrected chi connectivity index (χ3v) is 4.86. The lowest BCUT2D eigenvalue weighted by atomic mass is 10.00. The minimum Gasteiger partial charge on any atom is -0.374 e. The number of aromatic amines is 1. The molecule has 27 heavy (non-hydrogen) atoms. The Balaban J connectivity index is 1.65. The molecule has 0 saturated heterocycles. The molecule has 1 unspecified atom stereocenters. The first kappa shape index (κ1) is 17.3. The van der Waals surface area contributed by atoms with Crippen LogP contribution in [-0.2, 0) is 6.54 Å². The van der Waals surface area contributed by atoms with E-state index in [-0.39, 0.29) is 17.8 Å². The molecular weight excluding hydrogens is 343 g/mol. The molecule has 1 amide bonds. The van der Waals surface area contributed by atoms with E-state index in [2.05, 4.69) is 22.4 Å². The zero-order valence-corrected chi connectivity index (χ0v) is 15.1. The summed E-state index contributed by atoms with van der Waals surface area (Å²) >= 11 is 0. The maximum absolute atomic E-state index is 14.4. The third-order valence-electron chi connectivity index (χ3n) is 4.86. The SMILES string of the molecule is CCCN1Cc2cc(NC(c3cn[nH]c3)c3ccccc3F)ccc2C1=O. The standard InChI is InChI=1S/C21H21FN4O/c1-2-9-26-13-14-10-16(7-8-17(14)21(26)27)25-20(15-11-23-24-12-15)18-5-3-4-6-19(18)22/h3-8,10-12,20,25H,2,9,13H2,1H3,(H,23,24). The average Bonchev–Trinajstić information content (AvgIpc) is 3.30. The Kier molecular flexibility index (Phi) is 4.62. The third kappa shape index (κ3) is 3.30. The molecule has 2 N–H and O–H groups in total. The van der Waals surface area contributed by atoms with Gasteiger partial charge in [-0.15, -0.1) is 0 Å². The highest BCUT2D eigenvalue weighted by Gasteiger charge is 2.27. The summed E-state index contributed by atoms with van der Waals surface area (Å²) in [5.41, 5.74) is 3.97. The molecule has 0 saturated carbocycles. The smallest absolute Gasteiger partial charge is 0.254 e. The lowest BCUT2D eigenvalue weighted by molar-refractivity contribution is 0.0778. The summed E-state index contributed by atoms with van der Waals surface area (Å²) < 4.78 is 14.4. The number of nitrogens with one attached hydrogen (secondary N) is 2. The van der Waals surface area contributed by atoms with Crippen LogP contribution in [0.25, 0.3) is 0 Å². The van der Waals surface area contributed by atoms with Gasteiger partial charge in [0.25, 0.3) is 5.91 Å². The minimum absolute atomic E-state index is 0.0823. The van der Waals surface area contributed by atoms with Crippen molar-refractivity contribution in [2.45, 2.75) is 25.9 Å². The zero-order chi connectivity index (χ0) is 18.8. The number of halogens is 1. The highest BCUT2D eigenvalue weighted by molar-refractivity contribution is 5.98. The summed E-state index contributed by atoms with van der Waals surface area (Å²) in [6.07, 6.45) is 4.37. The summed E-state index contributed by atoms with van der Waals surface area (Å²) in [5, 5.41) is 10.2. The fourth-order valence-electron chi connectivity index (χ4n) is 3.56. The number of hydrogen-bond acceptors (Lipinski definition) is 3. The molecule has 3 aromatic rings. The molecule has 4 rings (SSSR count). The van der Waals surface area contributed by atoms with Gasteiger partial charge >= 0.3 is 0 Å². The van der Waals surface area contributed by atoms with Crippen LogP contribution in [-0.4, -0.2) is 27.5 Å². The van der Waals surface area contributed by atoms with Crippen LogP contribution in [0.15, 0.2) is 54.9 Å². The van der Waals surface area contributed by atoms with Crippen molar-refractivity contribution in [1.29, 1.82) is 0 Å². The Bertz CT molecular complexity index is 955. The van der Waals surface area contributed by atoms with Crippen LogP contribution in [0.3, 0.4) is 0 Å². The molecule has 2 aromatic carbocycles. The molecular formula is C21H21FN4O. The van der Waals surface area contributed by atoms with Crippen LogP contribution in [0.5, 0.6) is 0 Å². The van der Waals surface area contributed by atoms with Gasteiger partial charge in [0.2, 0.25) is 0 Å². The van der Waals surface area contributed by atoms with Crippen molar-refractivity contribution in [3.8, 4) is 0 Å². The van der Waals surface area contributed by atoms with Crippen LogP contribution < -0.4 is 5.32 Å². The first-order valence-corrected chi connectivity index (χ1v) is 9.09. The second-order valence-electron chi connectivity index (χ2n) is 6.73. The number of fused-ring (bicyclic) bond motifs is 1. The molecule has 0 aliphatic carbocycles. The fraction of sp³-hybridized carbons (Fsp3) is 0.238.